The zero-order valence-corrected chi connectivity index (χ0v) is 11.7. The van der Waals surface area contributed by atoms with Crippen LogP contribution in [0.2, 0.25) is 0 Å². The lowest BCUT2D eigenvalue weighted by atomic mass is 10.2. The minimum absolute atomic E-state index is 0.000804. The molecule has 0 aliphatic rings. The van der Waals surface area contributed by atoms with Crippen LogP contribution < -0.4 is 5.43 Å². The number of alkyl halides is 7. The first-order valence-corrected chi connectivity index (χ1v) is 5.93. The van der Waals surface area contributed by atoms with Gasteiger partial charge in [-0.05, 0) is 22.0 Å². The standard InChI is InChI=1S/C10H6BrF7N2O2/c11-5-1-4(6(21)2-7(5)22)3-19-20-10(17,18)8(12,13)9(14,15)16/h1-3,20-22H/b19-3+. The summed E-state index contributed by atoms with van der Waals surface area (Å²) in [5, 5.41) is 21.0. The molecule has 0 spiro atoms. The van der Waals surface area contributed by atoms with Crippen molar-refractivity contribution in [2.45, 2.75) is 18.1 Å². The van der Waals surface area contributed by atoms with Gasteiger partial charge in [-0.25, -0.2) is 5.43 Å². The van der Waals surface area contributed by atoms with Gasteiger partial charge in [-0.15, -0.1) is 0 Å². The Labute approximate surface area is 126 Å². The maximum Gasteiger partial charge on any atom is 0.462 e. The highest BCUT2D eigenvalue weighted by molar-refractivity contribution is 9.10. The number of hydrazone groups is 1. The molecule has 0 amide bonds. The molecule has 0 radical (unpaired) electrons. The van der Waals surface area contributed by atoms with Gasteiger partial charge in [0.2, 0.25) is 0 Å². The van der Waals surface area contributed by atoms with Gasteiger partial charge < -0.3 is 10.2 Å². The lowest BCUT2D eigenvalue weighted by Crippen LogP contribution is -2.58. The van der Waals surface area contributed by atoms with Crippen LogP contribution in [0.25, 0.3) is 0 Å². The van der Waals surface area contributed by atoms with Crippen molar-refractivity contribution in [3.8, 4) is 11.5 Å². The van der Waals surface area contributed by atoms with E-state index in [9.17, 15) is 35.8 Å². The minimum atomic E-state index is -6.48. The van der Waals surface area contributed by atoms with Crippen molar-refractivity contribution < 1.29 is 40.9 Å². The summed E-state index contributed by atoms with van der Waals surface area (Å²) in [6.45, 7) is 0. The number of benzene rings is 1. The molecule has 4 nitrogen and oxygen atoms in total. The van der Waals surface area contributed by atoms with Crippen molar-refractivity contribution in [2.24, 2.45) is 5.10 Å². The molecule has 1 aromatic carbocycles. The fourth-order valence-corrected chi connectivity index (χ4v) is 1.46. The molecule has 0 bridgehead atoms. The molecule has 0 unspecified atom stereocenters. The van der Waals surface area contributed by atoms with E-state index in [0.29, 0.717) is 11.6 Å². The SMILES string of the molecule is Oc1cc(O)c(/C=N/NC(F)(F)C(F)(F)C(F)(F)F)cc1Br. The Morgan fingerprint density at radius 2 is 1.55 bits per heavy atom. The van der Waals surface area contributed by atoms with E-state index in [2.05, 4.69) is 21.0 Å². The third kappa shape index (κ3) is 3.54. The first-order valence-electron chi connectivity index (χ1n) is 5.13. The van der Waals surface area contributed by atoms with E-state index in [1.807, 2.05) is 0 Å². The van der Waals surface area contributed by atoms with Gasteiger partial charge in [-0.1, -0.05) is 0 Å². The topological polar surface area (TPSA) is 64.8 Å². The van der Waals surface area contributed by atoms with Crippen LogP contribution in [0, 0.1) is 0 Å². The molecule has 0 aromatic heterocycles. The minimum Gasteiger partial charge on any atom is -0.507 e. The zero-order valence-electron chi connectivity index (χ0n) is 10.1. The molecule has 0 saturated heterocycles. The Kier molecular flexibility index (Phi) is 4.85. The number of nitrogens with zero attached hydrogens (tertiary/aromatic N) is 1. The molecule has 0 heterocycles. The van der Waals surface area contributed by atoms with Gasteiger partial charge in [0.1, 0.15) is 11.5 Å². The fourth-order valence-electron chi connectivity index (χ4n) is 1.10. The Bertz CT molecular complexity index is 589. The molecule has 0 atom stereocenters. The average Bonchev–Trinajstić information content (AvgIpc) is 2.33. The van der Waals surface area contributed by atoms with Crippen LogP contribution >= 0.6 is 15.9 Å². The molecule has 12 heteroatoms. The second-order valence-corrected chi connectivity index (χ2v) is 4.73. The number of phenols is 2. The number of rotatable bonds is 4. The number of aromatic hydroxyl groups is 2. The molecule has 1 rings (SSSR count). The van der Waals surface area contributed by atoms with E-state index in [1.54, 1.807) is 0 Å². The highest BCUT2D eigenvalue weighted by Gasteiger charge is 2.73. The molecule has 0 aliphatic carbocycles. The Balaban J connectivity index is 2.96. The normalized spacial score (nSPS) is 13.6. The van der Waals surface area contributed by atoms with E-state index in [-0.39, 0.29) is 10.0 Å². The first-order chi connectivity index (χ1) is 9.79. The Morgan fingerprint density at radius 1 is 1.00 bits per heavy atom. The number of halogens is 8. The zero-order chi connectivity index (χ0) is 17.3. The van der Waals surface area contributed by atoms with Crippen molar-refractivity contribution >= 4 is 22.1 Å². The second kappa shape index (κ2) is 5.82. The predicted octanol–water partition coefficient (Wildman–Crippen LogP) is 3.57. The predicted molar refractivity (Wildman–Crippen MR) is 64.2 cm³/mol. The molecule has 0 aliphatic heterocycles. The van der Waals surface area contributed by atoms with Gasteiger partial charge in [-0.3, -0.25) is 0 Å². The first kappa shape index (κ1) is 18.3. The van der Waals surface area contributed by atoms with Crippen LogP contribution in [0.4, 0.5) is 30.7 Å². The van der Waals surface area contributed by atoms with E-state index in [0.717, 1.165) is 12.1 Å². The summed E-state index contributed by atoms with van der Waals surface area (Å²) in [7, 11) is 0. The van der Waals surface area contributed by atoms with E-state index < -0.39 is 29.6 Å². The average molecular weight is 399 g/mol. The monoisotopic (exact) mass is 398 g/mol. The van der Waals surface area contributed by atoms with E-state index >= 15 is 0 Å². The Morgan fingerprint density at radius 3 is 2.05 bits per heavy atom. The lowest BCUT2D eigenvalue weighted by Gasteiger charge is -2.27. The lowest BCUT2D eigenvalue weighted by molar-refractivity contribution is -0.361. The van der Waals surface area contributed by atoms with Gasteiger partial charge >= 0.3 is 18.1 Å². The molecule has 0 fully saturated rings. The molecular weight excluding hydrogens is 393 g/mol. The quantitative estimate of drug-likeness (QED) is 0.314. The van der Waals surface area contributed by atoms with E-state index in [4.69, 9.17) is 5.11 Å². The van der Waals surface area contributed by atoms with Crippen molar-refractivity contribution in [3.63, 3.8) is 0 Å². The van der Waals surface area contributed by atoms with Gasteiger partial charge in [0, 0.05) is 11.6 Å². The van der Waals surface area contributed by atoms with Crippen molar-refractivity contribution in [2.75, 3.05) is 0 Å². The van der Waals surface area contributed by atoms with E-state index in [1.165, 1.54) is 0 Å². The summed E-state index contributed by atoms with van der Waals surface area (Å²) in [5.74, 6) is -7.44. The maximum absolute atomic E-state index is 12.8. The van der Waals surface area contributed by atoms with Crippen LogP contribution in [-0.2, 0) is 0 Å². The smallest absolute Gasteiger partial charge is 0.462 e. The van der Waals surface area contributed by atoms with Crippen LogP contribution in [0.15, 0.2) is 21.7 Å². The number of hydrogen-bond acceptors (Lipinski definition) is 4. The molecule has 22 heavy (non-hydrogen) atoms. The van der Waals surface area contributed by atoms with Crippen molar-refractivity contribution in [1.29, 1.82) is 0 Å². The second-order valence-electron chi connectivity index (χ2n) is 3.88. The largest absolute Gasteiger partial charge is 0.507 e. The van der Waals surface area contributed by atoms with Crippen LogP contribution in [0.3, 0.4) is 0 Å². The molecule has 1 aromatic rings. The van der Waals surface area contributed by atoms with Crippen LogP contribution in [0.5, 0.6) is 11.5 Å². The van der Waals surface area contributed by atoms with Gasteiger partial charge in [0.05, 0.1) is 10.7 Å². The third-order valence-corrected chi connectivity index (χ3v) is 2.89. The number of nitrogens with one attached hydrogen (secondary N) is 1. The van der Waals surface area contributed by atoms with Gasteiger partial charge in [-0.2, -0.15) is 35.8 Å². The summed E-state index contributed by atoms with van der Waals surface area (Å²) in [6, 6.07) is -3.96. The Hall–Kier alpha value is -1.72. The summed E-state index contributed by atoms with van der Waals surface area (Å²) in [4.78, 5) is 0. The van der Waals surface area contributed by atoms with Crippen LogP contribution in [-0.4, -0.2) is 34.6 Å². The molecular formula is C10H6BrF7N2O2. The molecule has 124 valence electrons. The van der Waals surface area contributed by atoms with Crippen molar-refractivity contribution in [3.05, 3.63) is 22.2 Å². The van der Waals surface area contributed by atoms with Crippen LogP contribution in [0.1, 0.15) is 5.56 Å². The molecule has 0 saturated carbocycles. The highest BCUT2D eigenvalue weighted by atomic mass is 79.9. The molecule has 3 N–H and O–H groups in total. The number of hydrogen-bond donors (Lipinski definition) is 3. The summed E-state index contributed by atoms with van der Waals surface area (Å²) >= 11 is 2.81. The summed E-state index contributed by atoms with van der Waals surface area (Å²) in [5.41, 5.74) is 0.0625. The third-order valence-electron chi connectivity index (χ3n) is 2.26. The maximum atomic E-state index is 12.8. The fraction of sp³-hybridized carbons (Fsp3) is 0.300. The summed E-state index contributed by atoms with van der Waals surface area (Å²) in [6.07, 6.45) is -6.11. The summed E-state index contributed by atoms with van der Waals surface area (Å²) < 4.78 is 86.3. The number of phenolic OH excluding ortho intramolecular Hbond substituents is 2. The van der Waals surface area contributed by atoms with Gasteiger partial charge in [0.25, 0.3) is 0 Å². The highest BCUT2D eigenvalue weighted by Crippen LogP contribution is 2.45. The van der Waals surface area contributed by atoms with Crippen molar-refractivity contribution in [1.82, 2.24) is 5.43 Å². The van der Waals surface area contributed by atoms with Gasteiger partial charge in [0.15, 0.2) is 0 Å².